The monoisotopic (exact) mass is 409 g/mol. The number of nitrogens with zero attached hydrogens (tertiary/aromatic N) is 1. The van der Waals surface area contributed by atoms with Crippen LogP contribution in [-0.2, 0) is 9.59 Å². The summed E-state index contributed by atoms with van der Waals surface area (Å²) in [6.45, 7) is 5.76. The lowest BCUT2D eigenvalue weighted by molar-refractivity contribution is -0.163. The maximum atomic E-state index is 12.4. The maximum Gasteiger partial charge on any atom is 0.353 e. The fourth-order valence-corrected chi connectivity index (χ4v) is 6.97. The predicted molar refractivity (Wildman–Crippen MR) is 108 cm³/mol. The highest BCUT2D eigenvalue weighted by molar-refractivity contribution is 8.03. The molecule has 0 aromatic heterocycles. The number of β-lactam (4-membered cyclic amide) rings is 1. The van der Waals surface area contributed by atoms with Crippen molar-refractivity contribution in [3.63, 3.8) is 0 Å². The molecule has 156 valence electrons. The SMILES string of the molecule is CC(O)[C@H]1C(=O)N2C(C(=O)O)=C(S[C@@H]3CC[C@@H](NC4CCNCC4)C3)[C@H](C)[C@H]12. The van der Waals surface area contributed by atoms with Gasteiger partial charge in [0.1, 0.15) is 5.70 Å². The first-order valence-electron chi connectivity index (χ1n) is 10.5. The Morgan fingerprint density at radius 1 is 1.25 bits per heavy atom. The Hall–Kier alpha value is -1.09. The van der Waals surface area contributed by atoms with Gasteiger partial charge in [0.05, 0.1) is 18.1 Å². The number of carbonyl (C=O) groups excluding carboxylic acids is 1. The quantitative estimate of drug-likeness (QED) is 0.488. The van der Waals surface area contributed by atoms with Crippen molar-refractivity contribution in [1.29, 1.82) is 0 Å². The summed E-state index contributed by atoms with van der Waals surface area (Å²) in [6, 6.07) is 0.863. The number of aliphatic hydroxyl groups is 1. The van der Waals surface area contributed by atoms with Crippen LogP contribution in [0.2, 0.25) is 0 Å². The van der Waals surface area contributed by atoms with Gasteiger partial charge in [0.15, 0.2) is 0 Å². The van der Waals surface area contributed by atoms with E-state index in [4.69, 9.17) is 0 Å². The summed E-state index contributed by atoms with van der Waals surface area (Å²) in [5.74, 6) is -1.81. The summed E-state index contributed by atoms with van der Waals surface area (Å²) >= 11 is 1.66. The topological polar surface area (TPSA) is 102 Å². The molecule has 3 heterocycles. The maximum absolute atomic E-state index is 12.4. The van der Waals surface area contributed by atoms with Gasteiger partial charge >= 0.3 is 5.97 Å². The zero-order chi connectivity index (χ0) is 20.0. The Balaban J connectivity index is 1.42. The zero-order valence-electron chi connectivity index (χ0n) is 16.6. The van der Waals surface area contributed by atoms with Crippen molar-refractivity contribution < 1.29 is 19.8 Å². The van der Waals surface area contributed by atoms with Crippen LogP contribution in [0.5, 0.6) is 0 Å². The Bertz CT molecular complexity index is 676. The molecule has 0 aromatic rings. The summed E-state index contributed by atoms with van der Waals surface area (Å²) in [6.07, 6.45) is 4.80. The van der Waals surface area contributed by atoms with Crippen LogP contribution in [0.4, 0.5) is 0 Å². The van der Waals surface area contributed by atoms with E-state index in [1.807, 2.05) is 6.92 Å². The molecule has 4 N–H and O–H groups in total. The van der Waals surface area contributed by atoms with E-state index in [2.05, 4.69) is 10.6 Å². The van der Waals surface area contributed by atoms with Crippen molar-refractivity contribution in [2.24, 2.45) is 11.8 Å². The molecule has 8 heteroatoms. The van der Waals surface area contributed by atoms with Gasteiger partial charge < -0.3 is 25.7 Å². The van der Waals surface area contributed by atoms with Crippen LogP contribution in [0.15, 0.2) is 10.6 Å². The molecule has 4 aliphatic rings. The third-order valence-corrected chi connectivity index (χ3v) is 8.38. The van der Waals surface area contributed by atoms with Crippen molar-refractivity contribution in [3.05, 3.63) is 10.6 Å². The zero-order valence-corrected chi connectivity index (χ0v) is 17.4. The fraction of sp³-hybridized carbons (Fsp3) is 0.800. The van der Waals surface area contributed by atoms with Crippen molar-refractivity contribution >= 4 is 23.6 Å². The van der Waals surface area contributed by atoms with Gasteiger partial charge in [-0.25, -0.2) is 4.79 Å². The van der Waals surface area contributed by atoms with Gasteiger partial charge in [-0.15, -0.1) is 11.8 Å². The van der Waals surface area contributed by atoms with Gasteiger partial charge in [-0.1, -0.05) is 6.92 Å². The molecule has 0 spiro atoms. The largest absolute Gasteiger partial charge is 0.477 e. The highest BCUT2D eigenvalue weighted by Crippen LogP contribution is 2.52. The van der Waals surface area contributed by atoms with E-state index < -0.39 is 18.0 Å². The van der Waals surface area contributed by atoms with Crippen LogP contribution in [0, 0.1) is 11.8 Å². The Morgan fingerprint density at radius 2 is 1.96 bits per heavy atom. The standard InChI is InChI=1S/C20H31N3O4S/c1-10-16-15(11(2)24)19(25)23(16)17(20(26)27)18(10)28-14-4-3-13(9-14)22-12-5-7-21-8-6-12/h10-16,21-22,24H,3-9H2,1-2H3,(H,26,27)/t10-,11?,13-,14-,15-,16-/m1/s1. The number of hydrogen-bond acceptors (Lipinski definition) is 6. The number of nitrogens with one attached hydrogen (secondary N) is 2. The number of amides is 1. The number of rotatable bonds is 6. The highest BCUT2D eigenvalue weighted by atomic mass is 32.2. The van der Waals surface area contributed by atoms with Crippen molar-refractivity contribution in [2.75, 3.05) is 13.1 Å². The van der Waals surface area contributed by atoms with Crippen molar-refractivity contribution in [3.8, 4) is 0 Å². The Labute approximate surface area is 170 Å². The van der Waals surface area contributed by atoms with Gasteiger partial charge in [0, 0.05) is 28.2 Å². The summed E-state index contributed by atoms with van der Waals surface area (Å²) in [5.41, 5.74) is 0.152. The molecule has 6 atom stereocenters. The minimum absolute atomic E-state index is 0.0372. The van der Waals surface area contributed by atoms with E-state index in [1.165, 1.54) is 17.7 Å². The van der Waals surface area contributed by atoms with Crippen LogP contribution in [0.25, 0.3) is 0 Å². The number of piperidine rings is 1. The second kappa shape index (κ2) is 7.97. The number of fused-ring (bicyclic) bond motifs is 1. The predicted octanol–water partition coefficient (Wildman–Crippen LogP) is 1.14. The molecule has 1 amide bonds. The average Bonchev–Trinajstić information content (AvgIpc) is 3.17. The highest BCUT2D eigenvalue weighted by Gasteiger charge is 2.60. The van der Waals surface area contributed by atoms with Gasteiger partial charge in [0.2, 0.25) is 5.91 Å². The lowest BCUT2D eigenvalue weighted by Crippen LogP contribution is -2.63. The van der Waals surface area contributed by atoms with Gasteiger partial charge in [-0.3, -0.25) is 4.79 Å². The smallest absolute Gasteiger partial charge is 0.353 e. The number of carboxylic acid groups (broad SMARTS) is 1. The second-order valence-electron chi connectivity index (χ2n) is 8.71. The molecular formula is C20H31N3O4S. The van der Waals surface area contributed by atoms with E-state index in [-0.39, 0.29) is 23.6 Å². The number of carboxylic acids is 1. The number of carbonyl (C=O) groups is 2. The van der Waals surface area contributed by atoms with Crippen LogP contribution in [0.1, 0.15) is 46.0 Å². The Kier molecular flexibility index (Phi) is 5.75. The Morgan fingerprint density at radius 3 is 2.61 bits per heavy atom. The molecule has 0 radical (unpaired) electrons. The molecule has 2 saturated heterocycles. The summed E-state index contributed by atoms with van der Waals surface area (Å²) < 4.78 is 0. The summed E-state index contributed by atoms with van der Waals surface area (Å²) in [7, 11) is 0. The summed E-state index contributed by atoms with van der Waals surface area (Å²) in [4.78, 5) is 26.6. The van der Waals surface area contributed by atoms with E-state index in [9.17, 15) is 19.8 Å². The first kappa shape index (κ1) is 20.2. The first-order chi connectivity index (χ1) is 13.4. The van der Waals surface area contributed by atoms with E-state index in [0.29, 0.717) is 17.3 Å². The normalized spacial score (nSPS) is 37.2. The van der Waals surface area contributed by atoms with E-state index >= 15 is 0 Å². The van der Waals surface area contributed by atoms with Crippen LogP contribution in [0.3, 0.4) is 0 Å². The third-order valence-electron chi connectivity index (χ3n) is 6.80. The molecule has 7 nitrogen and oxygen atoms in total. The van der Waals surface area contributed by atoms with Crippen molar-refractivity contribution in [1.82, 2.24) is 15.5 Å². The fourth-order valence-electron chi connectivity index (χ4n) is 5.38. The number of thioether (sulfide) groups is 1. The molecule has 3 fully saturated rings. The van der Waals surface area contributed by atoms with Gasteiger partial charge in [-0.05, 0) is 52.1 Å². The average molecular weight is 410 g/mol. The molecule has 4 rings (SSSR count). The van der Waals surface area contributed by atoms with E-state index in [1.54, 1.807) is 18.7 Å². The molecule has 28 heavy (non-hydrogen) atoms. The minimum atomic E-state index is -1.03. The van der Waals surface area contributed by atoms with Crippen LogP contribution < -0.4 is 10.6 Å². The number of aliphatic hydroxyl groups excluding tert-OH is 1. The molecule has 1 saturated carbocycles. The number of aliphatic carboxylic acids is 1. The molecule has 1 aliphatic carbocycles. The second-order valence-corrected chi connectivity index (χ2v) is 10.1. The minimum Gasteiger partial charge on any atom is -0.477 e. The first-order valence-corrected chi connectivity index (χ1v) is 11.4. The van der Waals surface area contributed by atoms with Gasteiger partial charge in [0.25, 0.3) is 0 Å². The lowest BCUT2D eigenvalue weighted by Gasteiger charge is -2.46. The van der Waals surface area contributed by atoms with Gasteiger partial charge in [-0.2, -0.15) is 0 Å². The molecule has 0 aromatic carbocycles. The third kappa shape index (κ3) is 3.49. The molecule has 1 unspecified atom stereocenters. The number of hydrogen-bond donors (Lipinski definition) is 4. The van der Waals surface area contributed by atoms with E-state index in [0.717, 1.165) is 37.3 Å². The lowest BCUT2D eigenvalue weighted by atomic mass is 9.79. The van der Waals surface area contributed by atoms with Crippen LogP contribution in [-0.4, -0.2) is 69.6 Å². The van der Waals surface area contributed by atoms with Crippen LogP contribution >= 0.6 is 11.8 Å². The van der Waals surface area contributed by atoms with Crippen molar-refractivity contribution in [2.45, 2.75) is 75.4 Å². The molecule has 0 bridgehead atoms. The molecular weight excluding hydrogens is 378 g/mol. The summed E-state index contributed by atoms with van der Waals surface area (Å²) in [5, 5.41) is 27.3. The molecule has 3 aliphatic heterocycles.